The number of carbonyl (C=O) groups excluding carboxylic acids is 1. The Balaban J connectivity index is 3.57. The lowest BCUT2D eigenvalue weighted by molar-refractivity contribution is -0.134. The minimum Gasteiger partial charge on any atom is -0.466 e. The molecule has 0 spiro atoms. The minimum atomic E-state index is -0.384. The second-order valence-corrected chi connectivity index (χ2v) is 1.45. The van der Waals surface area contributed by atoms with Crippen LogP contribution in [0.3, 0.4) is 0 Å². The zero-order valence-electron chi connectivity index (χ0n) is 5.00. The zero-order valence-corrected chi connectivity index (χ0v) is 5.76. The SMILES string of the molecule is COC(=O)/C=C/C=C\Cl. The van der Waals surface area contributed by atoms with E-state index in [1.807, 2.05) is 0 Å². The highest BCUT2D eigenvalue weighted by atomic mass is 35.5. The molecule has 0 bridgehead atoms. The van der Waals surface area contributed by atoms with Crippen molar-refractivity contribution in [2.45, 2.75) is 0 Å². The fourth-order valence-corrected chi connectivity index (χ4v) is 0.328. The highest BCUT2D eigenvalue weighted by molar-refractivity contribution is 6.25. The van der Waals surface area contributed by atoms with Crippen LogP contribution in [0.2, 0.25) is 0 Å². The molecule has 0 radical (unpaired) electrons. The molecule has 0 saturated carbocycles. The highest BCUT2D eigenvalue weighted by Gasteiger charge is 1.85. The summed E-state index contributed by atoms with van der Waals surface area (Å²) >= 11 is 5.14. The molecule has 0 aromatic carbocycles. The normalized spacial score (nSPS) is 10.9. The lowest BCUT2D eigenvalue weighted by Gasteiger charge is -1.85. The van der Waals surface area contributed by atoms with Crippen LogP contribution in [0.4, 0.5) is 0 Å². The number of ether oxygens (including phenoxy) is 1. The molecule has 0 aromatic heterocycles. The van der Waals surface area contributed by atoms with Crippen LogP contribution in [0, 0.1) is 0 Å². The fraction of sp³-hybridized carbons (Fsp3) is 0.167. The predicted molar refractivity (Wildman–Crippen MR) is 36.1 cm³/mol. The van der Waals surface area contributed by atoms with Crippen molar-refractivity contribution >= 4 is 17.6 Å². The molecule has 0 unspecified atom stereocenters. The molecule has 0 heterocycles. The van der Waals surface area contributed by atoms with Gasteiger partial charge in [0.25, 0.3) is 0 Å². The molecule has 0 rings (SSSR count). The molecule has 9 heavy (non-hydrogen) atoms. The second kappa shape index (κ2) is 5.38. The van der Waals surface area contributed by atoms with Crippen molar-refractivity contribution in [3.8, 4) is 0 Å². The Kier molecular flexibility index (Phi) is 4.92. The monoisotopic (exact) mass is 146 g/mol. The van der Waals surface area contributed by atoms with Crippen molar-refractivity contribution in [2.75, 3.05) is 7.11 Å². The standard InChI is InChI=1S/C6H7ClO2/c1-9-6(8)4-2-3-5-7/h2-5H,1H3/b4-2+,5-3-. The summed E-state index contributed by atoms with van der Waals surface area (Å²) in [5.41, 5.74) is 1.31. The van der Waals surface area contributed by atoms with E-state index in [0.717, 1.165) is 0 Å². The van der Waals surface area contributed by atoms with E-state index in [1.54, 1.807) is 0 Å². The van der Waals surface area contributed by atoms with Crippen LogP contribution in [-0.2, 0) is 9.53 Å². The van der Waals surface area contributed by atoms with E-state index < -0.39 is 0 Å². The summed E-state index contributed by atoms with van der Waals surface area (Å²) in [6.45, 7) is 0. The summed E-state index contributed by atoms with van der Waals surface area (Å²) < 4.78 is 4.29. The van der Waals surface area contributed by atoms with Gasteiger partial charge in [0, 0.05) is 11.6 Å². The predicted octanol–water partition coefficient (Wildman–Crippen LogP) is 1.47. The van der Waals surface area contributed by atoms with Gasteiger partial charge >= 0.3 is 5.97 Å². The first kappa shape index (κ1) is 8.24. The van der Waals surface area contributed by atoms with Crippen LogP contribution in [0.25, 0.3) is 0 Å². The number of hydrogen-bond acceptors (Lipinski definition) is 2. The van der Waals surface area contributed by atoms with Gasteiger partial charge in [0.05, 0.1) is 7.11 Å². The minimum absolute atomic E-state index is 0.384. The first-order valence-electron chi connectivity index (χ1n) is 2.32. The Bertz CT molecular complexity index is 138. The van der Waals surface area contributed by atoms with E-state index in [-0.39, 0.29) is 5.97 Å². The van der Waals surface area contributed by atoms with E-state index in [4.69, 9.17) is 11.6 Å². The van der Waals surface area contributed by atoms with Crippen LogP contribution in [-0.4, -0.2) is 13.1 Å². The van der Waals surface area contributed by atoms with Crippen molar-refractivity contribution in [1.82, 2.24) is 0 Å². The van der Waals surface area contributed by atoms with Gasteiger partial charge in [0.1, 0.15) is 0 Å². The third-order valence-corrected chi connectivity index (χ3v) is 0.763. The number of hydrogen-bond donors (Lipinski definition) is 0. The van der Waals surface area contributed by atoms with Gasteiger partial charge in [-0.15, -0.1) is 0 Å². The zero-order chi connectivity index (χ0) is 7.11. The number of halogens is 1. The Morgan fingerprint density at radius 1 is 1.56 bits per heavy atom. The Morgan fingerprint density at radius 2 is 2.22 bits per heavy atom. The van der Waals surface area contributed by atoms with Crippen molar-refractivity contribution in [1.29, 1.82) is 0 Å². The molecule has 0 aliphatic carbocycles. The molecular formula is C6H7ClO2. The molecule has 0 aliphatic rings. The van der Waals surface area contributed by atoms with Crippen LogP contribution >= 0.6 is 11.6 Å². The van der Waals surface area contributed by atoms with Crippen molar-refractivity contribution in [2.24, 2.45) is 0 Å². The smallest absolute Gasteiger partial charge is 0.330 e. The number of methoxy groups -OCH3 is 1. The maximum Gasteiger partial charge on any atom is 0.330 e. The Labute approximate surface area is 58.8 Å². The van der Waals surface area contributed by atoms with E-state index in [2.05, 4.69) is 4.74 Å². The van der Waals surface area contributed by atoms with Gasteiger partial charge in [-0.25, -0.2) is 4.79 Å². The fourth-order valence-electron chi connectivity index (χ4n) is 0.244. The molecule has 2 nitrogen and oxygen atoms in total. The maximum absolute atomic E-state index is 10.3. The summed E-state index contributed by atoms with van der Waals surface area (Å²) in [6, 6.07) is 0. The van der Waals surface area contributed by atoms with Crippen LogP contribution in [0.1, 0.15) is 0 Å². The maximum atomic E-state index is 10.3. The molecule has 0 aliphatic heterocycles. The van der Waals surface area contributed by atoms with Crippen LogP contribution < -0.4 is 0 Å². The van der Waals surface area contributed by atoms with Crippen molar-refractivity contribution in [3.63, 3.8) is 0 Å². The summed E-state index contributed by atoms with van der Waals surface area (Å²) in [7, 11) is 1.32. The Hall–Kier alpha value is -0.760. The molecule has 0 saturated heterocycles. The van der Waals surface area contributed by atoms with Gasteiger partial charge in [-0.3, -0.25) is 0 Å². The van der Waals surface area contributed by atoms with E-state index >= 15 is 0 Å². The van der Waals surface area contributed by atoms with E-state index in [9.17, 15) is 4.79 Å². The molecule has 0 aromatic rings. The van der Waals surface area contributed by atoms with E-state index in [1.165, 1.54) is 30.9 Å². The summed E-state index contributed by atoms with van der Waals surface area (Å²) in [5, 5.41) is 0. The van der Waals surface area contributed by atoms with E-state index in [0.29, 0.717) is 0 Å². The highest BCUT2D eigenvalue weighted by Crippen LogP contribution is 1.82. The van der Waals surface area contributed by atoms with Gasteiger partial charge < -0.3 is 4.74 Å². The average Bonchev–Trinajstić information content (AvgIpc) is 1.89. The van der Waals surface area contributed by atoms with Gasteiger partial charge in [-0.05, 0) is 0 Å². The summed E-state index contributed by atoms with van der Waals surface area (Å²) in [4.78, 5) is 10.3. The van der Waals surface area contributed by atoms with Gasteiger partial charge in [0.2, 0.25) is 0 Å². The number of allylic oxidation sites excluding steroid dienone is 2. The third kappa shape index (κ3) is 5.11. The summed E-state index contributed by atoms with van der Waals surface area (Å²) in [5.74, 6) is -0.384. The van der Waals surface area contributed by atoms with Crippen molar-refractivity contribution in [3.05, 3.63) is 23.8 Å². The largest absolute Gasteiger partial charge is 0.466 e. The van der Waals surface area contributed by atoms with Gasteiger partial charge in [-0.2, -0.15) is 0 Å². The first-order chi connectivity index (χ1) is 4.31. The van der Waals surface area contributed by atoms with Gasteiger partial charge in [-0.1, -0.05) is 23.8 Å². The molecule has 0 N–H and O–H groups in total. The number of rotatable bonds is 2. The third-order valence-electron chi connectivity index (χ3n) is 0.617. The number of esters is 1. The lowest BCUT2D eigenvalue weighted by atomic mass is 10.5. The first-order valence-corrected chi connectivity index (χ1v) is 2.76. The average molecular weight is 147 g/mol. The molecular weight excluding hydrogens is 140 g/mol. The number of carbonyl (C=O) groups is 1. The quantitative estimate of drug-likeness (QED) is 0.335. The van der Waals surface area contributed by atoms with Crippen molar-refractivity contribution < 1.29 is 9.53 Å². The molecule has 50 valence electrons. The second-order valence-electron chi connectivity index (χ2n) is 1.20. The van der Waals surface area contributed by atoms with Crippen LogP contribution in [0.5, 0.6) is 0 Å². The molecule has 0 atom stereocenters. The Morgan fingerprint density at radius 3 is 2.67 bits per heavy atom. The summed E-state index contributed by atoms with van der Waals surface area (Å²) in [6.07, 6.45) is 4.30. The molecule has 0 fully saturated rings. The molecule has 3 heteroatoms. The van der Waals surface area contributed by atoms with Crippen LogP contribution in [0.15, 0.2) is 23.8 Å². The lowest BCUT2D eigenvalue weighted by Crippen LogP contribution is -1.92. The topological polar surface area (TPSA) is 26.3 Å². The molecule has 0 amide bonds. The van der Waals surface area contributed by atoms with Gasteiger partial charge in [0.15, 0.2) is 0 Å².